The number of nitrogens with zero attached hydrogens (tertiary/aromatic N) is 2. The minimum absolute atomic E-state index is 0.00896. The van der Waals surface area contributed by atoms with Crippen molar-refractivity contribution in [3.05, 3.63) is 41.7 Å². The number of esters is 1. The van der Waals surface area contributed by atoms with Gasteiger partial charge in [-0.3, -0.25) is 0 Å². The van der Waals surface area contributed by atoms with Crippen LogP contribution in [0.25, 0.3) is 0 Å². The van der Waals surface area contributed by atoms with E-state index in [4.69, 9.17) is 18.6 Å². The SMILES string of the molecule is COc1ccc(C(=O)OCc2ccc(S(=O)(=O)N(C)C)o2)cc1S(=O)(=O)N1CCOCC1. The third-order valence-electron chi connectivity index (χ3n) is 4.70. The standard InChI is InChI=1S/C19H24N2O9S2/c1-20(2)32(25,26)18-7-5-15(30-18)13-29-19(22)14-4-6-16(27-3)17(12-14)31(23,24)21-8-10-28-11-9-21/h4-7,12H,8-11,13H2,1-3H3. The number of hydrogen-bond donors (Lipinski definition) is 0. The average Bonchev–Trinajstić information content (AvgIpc) is 3.27. The van der Waals surface area contributed by atoms with Crippen LogP contribution in [0.2, 0.25) is 0 Å². The zero-order chi connectivity index (χ0) is 23.5. The Bertz CT molecular complexity index is 1180. The van der Waals surface area contributed by atoms with Crippen LogP contribution in [0.1, 0.15) is 16.1 Å². The summed E-state index contributed by atoms with van der Waals surface area (Å²) < 4.78 is 73.3. The molecular weight excluding hydrogens is 464 g/mol. The van der Waals surface area contributed by atoms with Crippen molar-refractivity contribution in [3.63, 3.8) is 0 Å². The monoisotopic (exact) mass is 488 g/mol. The number of morpholine rings is 1. The van der Waals surface area contributed by atoms with Crippen molar-refractivity contribution in [2.45, 2.75) is 16.6 Å². The van der Waals surface area contributed by atoms with Gasteiger partial charge in [-0.05, 0) is 30.3 Å². The Labute approximate surface area is 186 Å². The molecule has 32 heavy (non-hydrogen) atoms. The van der Waals surface area contributed by atoms with Crippen molar-refractivity contribution in [3.8, 4) is 5.75 Å². The van der Waals surface area contributed by atoms with E-state index in [0.29, 0.717) is 0 Å². The Kier molecular flexibility index (Phi) is 7.25. The van der Waals surface area contributed by atoms with Gasteiger partial charge in [0.15, 0.2) is 0 Å². The summed E-state index contributed by atoms with van der Waals surface area (Å²) in [4.78, 5) is 12.4. The lowest BCUT2D eigenvalue weighted by molar-refractivity contribution is 0.0440. The molecule has 1 fully saturated rings. The van der Waals surface area contributed by atoms with Gasteiger partial charge < -0.3 is 18.6 Å². The molecule has 1 aliphatic rings. The fourth-order valence-corrected chi connectivity index (χ4v) is 5.31. The highest BCUT2D eigenvalue weighted by Crippen LogP contribution is 2.29. The summed E-state index contributed by atoms with van der Waals surface area (Å²) in [6, 6.07) is 6.59. The van der Waals surface area contributed by atoms with E-state index < -0.39 is 26.0 Å². The molecule has 13 heteroatoms. The maximum absolute atomic E-state index is 13.0. The van der Waals surface area contributed by atoms with Crippen molar-refractivity contribution in [2.75, 3.05) is 47.5 Å². The van der Waals surface area contributed by atoms with Gasteiger partial charge in [-0.1, -0.05) is 0 Å². The molecule has 0 atom stereocenters. The summed E-state index contributed by atoms with van der Waals surface area (Å²) >= 11 is 0. The molecule has 1 aromatic heterocycles. The van der Waals surface area contributed by atoms with Crippen LogP contribution in [0.4, 0.5) is 0 Å². The van der Waals surface area contributed by atoms with E-state index in [1.807, 2.05) is 0 Å². The normalized spacial score (nSPS) is 15.6. The number of carbonyl (C=O) groups excluding carboxylic acids is 1. The molecule has 2 aromatic rings. The summed E-state index contributed by atoms with van der Waals surface area (Å²) in [6.45, 7) is 0.600. The predicted molar refractivity (Wildman–Crippen MR) is 111 cm³/mol. The van der Waals surface area contributed by atoms with Crippen LogP contribution < -0.4 is 4.74 Å². The molecule has 2 heterocycles. The lowest BCUT2D eigenvalue weighted by Gasteiger charge is -2.26. The van der Waals surface area contributed by atoms with Gasteiger partial charge in [-0.2, -0.15) is 4.31 Å². The first-order chi connectivity index (χ1) is 15.1. The van der Waals surface area contributed by atoms with E-state index in [1.54, 1.807) is 0 Å². The topological polar surface area (TPSA) is 133 Å². The molecule has 0 N–H and O–H groups in total. The van der Waals surface area contributed by atoms with E-state index in [0.717, 1.165) is 4.31 Å². The summed E-state index contributed by atoms with van der Waals surface area (Å²) in [6.07, 6.45) is 0. The summed E-state index contributed by atoms with van der Waals surface area (Å²) in [5.74, 6) is -0.592. The first-order valence-corrected chi connectivity index (χ1v) is 12.4. The molecule has 0 unspecified atom stereocenters. The molecule has 3 rings (SSSR count). The second-order valence-electron chi connectivity index (χ2n) is 6.97. The fourth-order valence-electron chi connectivity index (χ4n) is 2.91. The smallest absolute Gasteiger partial charge is 0.338 e. The second-order valence-corrected chi connectivity index (χ2v) is 11.0. The molecule has 1 saturated heterocycles. The minimum Gasteiger partial charge on any atom is -0.495 e. The zero-order valence-corrected chi connectivity index (χ0v) is 19.4. The Morgan fingerprint density at radius 1 is 1.09 bits per heavy atom. The molecule has 1 aromatic carbocycles. The first-order valence-electron chi connectivity index (χ1n) is 9.51. The minimum atomic E-state index is -3.92. The van der Waals surface area contributed by atoms with Gasteiger partial charge in [0.1, 0.15) is 23.0 Å². The Morgan fingerprint density at radius 2 is 1.78 bits per heavy atom. The van der Waals surface area contributed by atoms with Crippen LogP contribution >= 0.6 is 0 Å². The lowest BCUT2D eigenvalue weighted by Crippen LogP contribution is -2.40. The van der Waals surface area contributed by atoms with E-state index >= 15 is 0 Å². The summed E-state index contributed by atoms with van der Waals surface area (Å²) in [7, 11) is -3.61. The van der Waals surface area contributed by atoms with Crippen LogP contribution in [0.3, 0.4) is 0 Å². The average molecular weight is 489 g/mol. The summed E-state index contributed by atoms with van der Waals surface area (Å²) in [5, 5.41) is -0.281. The molecule has 0 aliphatic carbocycles. The lowest BCUT2D eigenvalue weighted by atomic mass is 10.2. The van der Waals surface area contributed by atoms with E-state index in [-0.39, 0.29) is 60.0 Å². The van der Waals surface area contributed by atoms with Gasteiger partial charge in [0.05, 0.1) is 25.9 Å². The van der Waals surface area contributed by atoms with Gasteiger partial charge in [-0.25, -0.2) is 25.9 Å². The molecule has 0 bridgehead atoms. The Morgan fingerprint density at radius 3 is 2.41 bits per heavy atom. The quantitative estimate of drug-likeness (QED) is 0.497. The molecular formula is C19H24N2O9S2. The van der Waals surface area contributed by atoms with Crippen molar-refractivity contribution < 1.29 is 40.3 Å². The molecule has 0 amide bonds. The number of rotatable bonds is 8. The number of benzene rings is 1. The van der Waals surface area contributed by atoms with Crippen molar-refractivity contribution >= 4 is 26.0 Å². The van der Waals surface area contributed by atoms with Crippen LogP contribution in [-0.2, 0) is 36.1 Å². The molecule has 1 aliphatic heterocycles. The molecule has 0 spiro atoms. The van der Waals surface area contributed by atoms with Crippen molar-refractivity contribution in [2.24, 2.45) is 0 Å². The molecule has 0 radical (unpaired) electrons. The van der Waals surface area contributed by atoms with E-state index in [9.17, 15) is 21.6 Å². The fraction of sp³-hybridized carbons (Fsp3) is 0.421. The molecule has 176 valence electrons. The van der Waals surface area contributed by atoms with E-state index in [1.165, 1.54) is 55.8 Å². The number of furan rings is 1. The Balaban J connectivity index is 1.78. The summed E-state index contributed by atoms with van der Waals surface area (Å²) in [5.41, 5.74) is -0.00896. The number of hydrogen-bond acceptors (Lipinski definition) is 9. The van der Waals surface area contributed by atoms with Gasteiger partial charge in [-0.15, -0.1) is 0 Å². The first kappa shape index (κ1) is 24.2. The third kappa shape index (κ3) is 4.96. The van der Waals surface area contributed by atoms with Crippen molar-refractivity contribution in [1.29, 1.82) is 0 Å². The van der Waals surface area contributed by atoms with Crippen LogP contribution in [0.5, 0.6) is 5.75 Å². The zero-order valence-electron chi connectivity index (χ0n) is 17.8. The Hall–Kier alpha value is -2.45. The van der Waals surface area contributed by atoms with Crippen LogP contribution in [-0.4, -0.2) is 78.9 Å². The van der Waals surface area contributed by atoms with Crippen LogP contribution in [0.15, 0.2) is 44.7 Å². The van der Waals surface area contributed by atoms with E-state index in [2.05, 4.69) is 0 Å². The van der Waals surface area contributed by atoms with Crippen LogP contribution in [0, 0.1) is 0 Å². The number of sulfonamides is 2. The maximum atomic E-state index is 13.0. The maximum Gasteiger partial charge on any atom is 0.338 e. The highest BCUT2D eigenvalue weighted by molar-refractivity contribution is 7.89. The predicted octanol–water partition coefficient (Wildman–Crippen LogP) is 0.916. The van der Waals surface area contributed by atoms with Gasteiger partial charge in [0.25, 0.3) is 10.0 Å². The van der Waals surface area contributed by atoms with Gasteiger partial charge in [0, 0.05) is 27.2 Å². The highest BCUT2D eigenvalue weighted by Gasteiger charge is 2.30. The van der Waals surface area contributed by atoms with Crippen molar-refractivity contribution in [1.82, 2.24) is 8.61 Å². The van der Waals surface area contributed by atoms with Gasteiger partial charge in [0.2, 0.25) is 15.1 Å². The second kappa shape index (κ2) is 9.58. The largest absolute Gasteiger partial charge is 0.495 e. The molecule has 11 nitrogen and oxygen atoms in total. The van der Waals surface area contributed by atoms with Gasteiger partial charge >= 0.3 is 5.97 Å². The number of ether oxygens (including phenoxy) is 3. The highest BCUT2D eigenvalue weighted by atomic mass is 32.2. The molecule has 0 saturated carbocycles. The number of carbonyl (C=O) groups is 1. The number of methoxy groups -OCH3 is 1. The third-order valence-corrected chi connectivity index (χ3v) is 8.31.